The van der Waals surface area contributed by atoms with E-state index >= 15 is 0 Å². The van der Waals surface area contributed by atoms with Crippen LogP contribution in [0, 0.1) is 0 Å². The third-order valence-electron chi connectivity index (χ3n) is 3.91. The first-order valence-electron chi connectivity index (χ1n) is 7.91. The molecule has 0 fully saturated rings. The standard InChI is InChI=1S/C19H16Cl2N2O3S/c1-27(25,26)13-6-7-14(17(21)11-13)19(24)23-12-5-8-16(20)15(10-12)18-4-2-3-9-22-18/h2-11,19,23-24H,1H3. The second-order valence-corrected chi connectivity index (χ2v) is 8.74. The van der Waals surface area contributed by atoms with E-state index in [9.17, 15) is 13.5 Å². The lowest BCUT2D eigenvalue weighted by atomic mass is 10.1. The van der Waals surface area contributed by atoms with Crippen LogP contribution >= 0.6 is 23.2 Å². The third kappa shape index (κ3) is 4.59. The summed E-state index contributed by atoms with van der Waals surface area (Å²) in [6.45, 7) is 0. The number of hydrogen-bond acceptors (Lipinski definition) is 5. The summed E-state index contributed by atoms with van der Waals surface area (Å²) in [6.07, 6.45) is 1.63. The molecule has 140 valence electrons. The van der Waals surface area contributed by atoms with E-state index in [4.69, 9.17) is 23.2 Å². The topological polar surface area (TPSA) is 79.3 Å². The number of aliphatic hydroxyl groups excluding tert-OH is 1. The van der Waals surface area contributed by atoms with E-state index in [0.717, 1.165) is 6.26 Å². The van der Waals surface area contributed by atoms with Crippen molar-refractivity contribution in [1.29, 1.82) is 0 Å². The van der Waals surface area contributed by atoms with E-state index in [0.29, 0.717) is 27.5 Å². The summed E-state index contributed by atoms with van der Waals surface area (Å²) in [5, 5.41) is 14.1. The Bertz CT molecular complexity index is 1070. The molecule has 2 N–H and O–H groups in total. The van der Waals surface area contributed by atoms with E-state index in [-0.39, 0.29) is 9.92 Å². The van der Waals surface area contributed by atoms with Crippen molar-refractivity contribution >= 4 is 38.7 Å². The number of aliphatic hydroxyl groups is 1. The Morgan fingerprint density at radius 2 is 1.81 bits per heavy atom. The monoisotopic (exact) mass is 422 g/mol. The van der Waals surface area contributed by atoms with Crippen molar-refractivity contribution in [2.45, 2.75) is 11.1 Å². The molecule has 5 nitrogen and oxygen atoms in total. The maximum Gasteiger partial charge on any atom is 0.175 e. The first-order valence-corrected chi connectivity index (χ1v) is 10.6. The van der Waals surface area contributed by atoms with Crippen molar-refractivity contribution in [3.63, 3.8) is 0 Å². The number of rotatable bonds is 5. The molecule has 0 bridgehead atoms. The Hall–Kier alpha value is -2.12. The van der Waals surface area contributed by atoms with Crippen molar-refractivity contribution in [3.05, 3.63) is 76.4 Å². The van der Waals surface area contributed by atoms with E-state index in [1.54, 1.807) is 24.4 Å². The van der Waals surface area contributed by atoms with Gasteiger partial charge in [0.05, 0.1) is 15.6 Å². The number of nitrogens with one attached hydrogen (secondary N) is 1. The normalized spacial score (nSPS) is 12.6. The maximum atomic E-state index is 11.6. The van der Waals surface area contributed by atoms with E-state index in [1.165, 1.54) is 18.2 Å². The molecule has 3 aromatic rings. The van der Waals surface area contributed by atoms with Crippen LogP contribution in [-0.4, -0.2) is 24.8 Å². The van der Waals surface area contributed by atoms with Crippen LogP contribution in [0.3, 0.4) is 0 Å². The first kappa shape index (κ1) is 19.6. The molecule has 0 radical (unpaired) electrons. The first-order chi connectivity index (χ1) is 12.8. The van der Waals surface area contributed by atoms with Gasteiger partial charge in [0.25, 0.3) is 0 Å². The summed E-state index contributed by atoms with van der Waals surface area (Å²) in [4.78, 5) is 4.37. The SMILES string of the molecule is CS(=O)(=O)c1ccc(C(O)Nc2ccc(Cl)c(-c3ccccn3)c2)c(Cl)c1. The van der Waals surface area contributed by atoms with Crippen LogP contribution in [0.5, 0.6) is 0 Å². The number of pyridine rings is 1. The number of benzene rings is 2. The summed E-state index contributed by atoms with van der Waals surface area (Å²) in [5.74, 6) is 0. The molecule has 1 atom stereocenters. The van der Waals surface area contributed by atoms with Gasteiger partial charge in [-0.2, -0.15) is 0 Å². The smallest absolute Gasteiger partial charge is 0.175 e. The van der Waals surface area contributed by atoms with Gasteiger partial charge in [0.2, 0.25) is 0 Å². The number of sulfone groups is 1. The molecular weight excluding hydrogens is 407 g/mol. The molecule has 0 aliphatic rings. The van der Waals surface area contributed by atoms with Gasteiger partial charge >= 0.3 is 0 Å². The molecule has 0 aliphatic heterocycles. The Morgan fingerprint density at radius 1 is 1.04 bits per heavy atom. The molecule has 0 aliphatic carbocycles. The average Bonchev–Trinajstić information content (AvgIpc) is 2.63. The minimum Gasteiger partial charge on any atom is -0.369 e. The Balaban J connectivity index is 1.88. The number of anilines is 1. The van der Waals surface area contributed by atoms with Crippen molar-refractivity contribution in [1.82, 2.24) is 4.98 Å². The van der Waals surface area contributed by atoms with Gasteiger partial charge in [0.1, 0.15) is 0 Å². The van der Waals surface area contributed by atoms with E-state index in [1.807, 2.05) is 18.2 Å². The van der Waals surface area contributed by atoms with Gasteiger partial charge in [0.15, 0.2) is 16.1 Å². The third-order valence-corrected chi connectivity index (χ3v) is 5.67. The van der Waals surface area contributed by atoms with Crippen LogP contribution in [0.15, 0.2) is 65.7 Å². The fourth-order valence-electron chi connectivity index (χ4n) is 2.53. The maximum absolute atomic E-state index is 11.6. The van der Waals surface area contributed by atoms with E-state index in [2.05, 4.69) is 10.3 Å². The number of hydrogen-bond donors (Lipinski definition) is 2. The van der Waals surface area contributed by atoms with Crippen LogP contribution in [-0.2, 0) is 9.84 Å². The lowest BCUT2D eigenvalue weighted by molar-refractivity contribution is 0.208. The molecule has 1 heterocycles. The van der Waals surface area contributed by atoms with Crippen molar-refractivity contribution in [3.8, 4) is 11.3 Å². The van der Waals surface area contributed by atoms with Crippen LogP contribution in [0.4, 0.5) is 5.69 Å². The fourth-order valence-corrected chi connectivity index (χ4v) is 3.74. The number of halogens is 2. The zero-order valence-electron chi connectivity index (χ0n) is 14.2. The van der Waals surface area contributed by atoms with Gasteiger partial charge in [0, 0.05) is 34.3 Å². The molecular formula is C19H16Cl2N2O3S. The predicted molar refractivity (Wildman–Crippen MR) is 108 cm³/mol. The summed E-state index contributed by atoms with van der Waals surface area (Å²) in [6, 6.07) is 14.9. The predicted octanol–water partition coefficient (Wildman–Crippen LogP) is 4.56. The average molecular weight is 423 g/mol. The molecule has 1 unspecified atom stereocenters. The number of nitrogens with zero attached hydrogens (tertiary/aromatic N) is 1. The zero-order chi connectivity index (χ0) is 19.6. The Labute approximate surface area is 167 Å². The van der Waals surface area contributed by atoms with Gasteiger partial charge in [-0.15, -0.1) is 0 Å². The summed E-state index contributed by atoms with van der Waals surface area (Å²) in [5.41, 5.74) is 2.39. The minimum atomic E-state index is -3.38. The van der Waals surface area contributed by atoms with E-state index < -0.39 is 16.1 Å². The molecule has 0 saturated carbocycles. The molecule has 0 spiro atoms. The molecule has 27 heavy (non-hydrogen) atoms. The lowest BCUT2D eigenvalue weighted by Crippen LogP contribution is -2.11. The summed E-state index contributed by atoms with van der Waals surface area (Å²) < 4.78 is 23.2. The molecule has 8 heteroatoms. The van der Waals surface area contributed by atoms with Gasteiger partial charge < -0.3 is 10.4 Å². The lowest BCUT2D eigenvalue weighted by Gasteiger charge is -2.17. The zero-order valence-corrected chi connectivity index (χ0v) is 16.6. The summed E-state index contributed by atoms with van der Waals surface area (Å²) in [7, 11) is -3.38. The van der Waals surface area contributed by atoms with Gasteiger partial charge in [-0.1, -0.05) is 35.3 Å². The Morgan fingerprint density at radius 3 is 2.44 bits per heavy atom. The van der Waals surface area contributed by atoms with Crippen molar-refractivity contribution in [2.24, 2.45) is 0 Å². The summed E-state index contributed by atoms with van der Waals surface area (Å²) >= 11 is 12.4. The van der Waals surface area contributed by atoms with Crippen molar-refractivity contribution < 1.29 is 13.5 Å². The highest BCUT2D eigenvalue weighted by Gasteiger charge is 2.16. The molecule has 3 rings (SSSR count). The van der Waals surface area contributed by atoms with Gasteiger partial charge in [-0.05, 0) is 42.5 Å². The molecule has 1 aromatic heterocycles. The fraction of sp³-hybridized carbons (Fsp3) is 0.105. The van der Waals surface area contributed by atoms with Crippen LogP contribution < -0.4 is 5.32 Å². The van der Waals surface area contributed by atoms with Crippen LogP contribution in [0.2, 0.25) is 10.0 Å². The second-order valence-electron chi connectivity index (χ2n) is 5.91. The van der Waals surface area contributed by atoms with Crippen LogP contribution in [0.1, 0.15) is 11.8 Å². The second kappa shape index (κ2) is 7.86. The van der Waals surface area contributed by atoms with Crippen molar-refractivity contribution in [2.75, 3.05) is 11.6 Å². The highest BCUT2D eigenvalue weighted by Crippen LogP contribution is 2.32. The number of aromatic nitrogens is 1. The molecule has 0 amide bonds. The highest BCUT2D eigenvalue weighted by molar-refractivity contribution is 7.90. The highest BCUT2D eigenvalue weighted by atomic mass is 35.5. The van der Waals surface area contributed by atoms with Gasteiger partial charge in [-0.3, -0.25) is 4.98 Å². The largest absolute Gasteiger partial charge is 0.369 e. The molecule has 0 saturated heterocycles. The molecule has 2 aromatic carbocycles. The quantitative estimate of drug-likeness (QED) is 0.588. The minimum absolute atomic E-state index is 0.0902. The van der Waals surface area contributed by atoms with Crippen LogP contribution in [0.25, 0.3) is 11.3 Å². The Kier molecular flexibility index (Phi) is 5.72. The van der Waals surface area contributed by atoms with Gasteiger partial charge in [-0.25, -0.2) is 8.42 Å².